The van der Waals surface area contributed by atoms with E-state index in [2.05, 4.69) is 15.2 Å². The number of piperidine rings is 1. The van der Waals surface area contributed by atoms with Crippen LogP contribution in [0, 0.1) is 11.7 Å². The molecular weight excluding hydrogens is 317 g/mol. The number of halogens is 1. The van der Waals surface area contributed by atoms with Crippen LogP contribution in [0.2, 0.25) is 0 Å². The Labute approximate surface area is 147 Å². The van der Waals surface area contributed by atoms with Crippen LogP contribution in [0.3, 0.4) is 0 Å². The standard InChI is InChI=1S/C20H22FN3O/c21-18-7-3-2-6-15(18)16-12-17(16)20(25)23-19-9-8-14(13-22-19)24-10-4-1-5-11-24/h2-3,6-9,13,16-17H,1,4-5,10-12H2,(H,22,23,25). The van der Waals surface area contributed by atoms with Gasteiger partial charge in [0.2, 0.25) is 5.91 Å². The minimum atomic E-state index is -0.230. The average molecular weight is 339 g/mol. The smallest absolute Gasteiger partial charge is 0.229 e. The molecule has 25 heavy (non-hydrogen) atoms. The van der Waals surface area contributed by atoms with E-state index in [0.717, 1.165) is 18.8 Å². The molecule has 1 saturated carbocycles. The summed E-state index contributed by atoms with van der Waals surface area (Å²) in [4.78, 5) is 19.1. The molecule has 130 valence electrons. The molecule has 0 bridgehead atoms. The van der Waals surface area contributed by atoms with Gasteiger partial charge in [-0.05, 0) is 55.4 Å². The highest BCUT2D eigenvalue weighted by molar-refractivity contribution is 5.94. The molecule has 4 rings (SSSR count). The van der Waals surface area contributed by atoms with Gasteiger partial charge < -0.3 is 10.2 Å². The number of amides is 1. The molecule has 1 aromatic heterocycles. The molecule has 2 aromatic rings. The van der Waals surface area contributed by atoms with Crippen LogP contribution in [0.1, 0.15) is 37.2 Å². The zero-order valence-electron chi connectivity index (χ0n) is 14.1. The minimum absolute atomic E-state index is 0.0196. The van der Waals surface area contributed by atoms with Crippen LogP contribution < -0.4 is 10.2 Å². The van der Waals surface area contributed by atoms with Gasteiger partial charge in [-0.15, -0.1) is 0 Å². The van der Waals surface area contributed by atoms with Crippen molar-refractivity contribution in [1.82, 2.24) is 4.98 Å². The first-order valence-electron chi connectivity index (χ1n) is 8.98. The molecule has 2 aliphatic rings. The molecule has 1 N–H and O–H groups in total. The summed E-state index contributed by atoms with van der Waals surface area (Å²) in [5.74, 6) is 0.0672. The highest BCUT2D eigenvalue weighted by Gasteiger charge is 2.45. The maximum absolute atomic E-state index is 13.8. The summed E-state index contributed by atoms with van der Waals surface area (Å²) in [5.41, 5.74) is 1.74. The molecule has 1 aromatic carbocycles. The number of carbonyl (C=O) groups is 1. The second-order valence-electron chi connectivity index (χ2n) is 6.91. The molecule has 4 nitrogen and oxygen atoms in total. The Morgan fingerprint density at radius 1 is 1.12 bits per heavy atom. The number of aromatic nitrogens is 1. The Kier molecular flexibility index (Phi) is 4.38. The van der Waals surface area contributed by atoms with Gasteiger partial charge in [0.25, 0.3) is 0 Å². The molecule has 2 atom stereocenters. The quantitative estimate of drug-likeness (QED) is 0.917. The largest absolute Gasteiger partial charge is 0.370 e. The molecule has 2 fully saturated rings. The molecule has 2 unspecified atom stereocenters. The minimum Gasteiger partial charge on any atom is -0.370 e. The number of carbonyl (C=O) groups excluding carboxylic acids is 1. The number of nitrogens with zero attached hydrogens (tertiary/aromatic N) is 2. The molecule has 2 heterocycles. The molecule has 1 aliphatic heterocycles. The Hall–Kier alpha value is -2.43. The van der Waals surface area contributed by atoms with E-state index in [-0.39, 0.29) is 23.6 Å². The number of benzene rings is 1. The summed E-state index contributed by atoms with van der Waals surface area (Å²) in [6, 6.07) is 10.6. The topological polar surface area (TPSA) is 45.2 Å². The van der Waals surface area contributed by atoms with Gasteiger partial charge in [0.15, 0.2) is 0 Å². The van der Waals surface area contributed by atoms with E-state index in [0.29, 0.717) is 17.8 Å². The van der Waals surface area contributed by atoms with Gasteiger partial charge in [0.1, 0.15) is 11.6 Å². The van der Waals surface area contributed by atoms with Gasteiger partial charge in [-0.1, -0.05) is 18.2 Å². The van der Waals surface area contributed by atoms with Crippen molar-refractivity contribution in [2.75, 3.05) is 23.3 Å². The third-order valence-electron chi connectivity index (χ3n) is 5.15. The lowest BCUT2D eigenvalue weighted by Gasteiger charge is -2.28. The Bertz CT molecular complexity index is 756. The number of anilines is 2. The molecule has 1 aliphatic carbocycles. The Morgan fingerprint density at radius 3 is 2.64 bits per heavy atom. The second-order valence-corrected chi connectivity index (χ2v) is 6.91. The lowest BCUT2D eigenvalue weighted by atomic mass is 10.1. The fourth-order valence-corrected chi connectivity index (χ4v) is 3.62. The summed E-state index contributed by atoms with van der Waals surface area (Å²) < 4.78 is 13.8. The summed E-state index contributed by atoms with van der Waals surface area (Å²) in [6.45, 7) is 2.14. The van der Waals surface area contributed by atoms with Crippen molar-refractivity contribution in [2.24, 2.45) is 5.92 Å². The molecule has 1 saturated heterocycles. The molecule has 0 radical (unpaired) electrons. The number of rotatable bonds is 4. The Morgan fingerprint density at radius 2 is 1.92 bits per heavy atom. The van der Waals surface area contributed by atoms with Gasteiger partial charge in [-0.2, -0.15) is 0 Å². The van der Waals surface area contributed by atoms with E-state index in [1.165, 1.54) is 25.3 Å². The van der Waals surface area contributed by atoms with E-state index >= 15 is 0 Å². The lowest BCUT2D eigenvalue weighted by Crippen LogP contribution is -2.29. The molecular formula is C20H22FN3O. The predicted octanol–water partition coefficient (Wildman–Crippen LogP) is 3.95. The first-order valence-corrected chi connectivity index (χ1v) is 8.98. The molecule has 1 amide bonds. The fraction of sp³-hybridized carbons (Fsp3) is 0.400. The van der Waals surface area contributed by atoms with Crippen molar-refractivity contribution in [3.8, 4) is 0 Å². The number of pyridine rings is 1. The fourth-order valence-electron chi connectivity index (χ4n) is 3.62. The van der Waals surface area contributed by atoms with Crippen LogP contribution in [-0.2, 0) is 4.79 Å². The molecule has 5 heteroatoms. The van der Waals surface area contributed by atoms with Crippen molar-refractivity contribution in [3.05, 3.63) is 54.0 Å². The van der Waals surface area contributed by atoms with Crippen LogP contribution in [0.4, 0.5) is 15.9 Å². The first kappa shape index (κ1) is 16.1. The maximum Gasteiger partial charge on any atom is 0.229 e. The van der Waals surface area contributed by atoms with Crippen molar-refractivity contribution < 1.29 is 9.18 Å². The zero-order chi connectivity index (χ0) is 17.2. The van der Waals surface area contributed by atoms with E-state index in [1.807, 2.05) is 24.4 Å². The van der Waals surface area contributed by atoms with E-state index < -0.39 is 0 Å². The zero-order valence-corrected chi connectivity index (χ0v) is 14.1. The summed E-state index contributed by atoms with van der Waals surface area (Å²) in [7, 11) is 0. The van der Waals surface area contributed by atoms with E-state index in [4.69, 9.17) is 0 Å². The van der Waals surface area contributed by atoms with Crippen LogP contribution >= 0.6 is 0 Å². The van der Waals surface area contributed by atoms with Gasteiger partial charge in [0, 0.05) is 19.0 Å². The predicted molar refractivity (Wildman–Crippen MR) is 96.2 cm³/mol. The van der Waals surface area contributed by atoms with Gasteiger partial charge in [0.05, 0.1) is 11.9 Å². The van der Waals surface area contributed by atoms with Crippen LogP contribution in [0.15, 0.2) is 42.6 Å². The monoisotopic (exact) mass is 339 g/mol. The number of nitrogens with one attached hydrogen (secondary N) is 1. The van der Waals surface area contributed by atoms with Crippen molar-refractivity contribution in [2.45, 2.75) is 31.6 Å². The van der Waals surface area contributed by atoms with E-state index in [9.17, 15) is 9.18 Å². The number of hydrogen-bond acceptors (Lipinski definition) is 3. The summed E-state index contributed by atoms with van der Waals surface area (Å²) in [5, 5.41) is 2.86. The number of hydrogen-bond donors (Lipinski definition) is 1. The summed E-state index contributed by atoms with van der Waals surface area (Å²) in [6.07, 6.45) is 6.25. The maximum atomic E-state index is 13.8. The van der Waals surface area contributed by atoms with Crippen LogP contribution in [-0.4, -0.2) is 24.0 Å². The van der Waals surface area contributed by atoms with Crippen molar-refractivity contribution in [1.29, 1.82) is 0 Å². The highest BCUT2D eigenvalue weighted by atomic mass is 19.1. The second kappa shape index (κ2) is 6.82. The third kappa shape index (κ3) is 3.50. The molecule has 0 spiro atoms. The summed E-state index contributed by atoms with van der Waals surface area (Å²) >= 11 is 0. The Balaban J connectivity index is 1.36. The van der Waals surface area contributed by atoms with Crippen LogP contribution in [0.5, 0.6) is 0 Å². The van der Waals surface area contributed by atoms with Crippen LogP contribution in [0.25, 0.3) is 0 Å². The first-order chi connectivity index (χ1) is 12.2. The average Bonchev–Trinajstić information content (AvgIpc) is 3.44. The lowest BCUT2D eigenvalue weighted by molar-refractivity contribution is -0.117. The van der Waals surface area contributed by atoms with Crippen molar-refractivity contribution >= 4 is 17.4 Å². The van der Waals surface area contributed by atoms with Gasteiger partial charge >= 0.3 is 0 Å². The van der Waals surface area contributed by atoms with Crippen molar-refractivity contribution in [3.63, 3.8) is 0 Å². The van der Waals surface area contributed by atoms with Gasteiger partial charge in [-0.3, -0.25) is 4.79 Å². The highest BCUT2D eigenvalue weighted by Crippen LogP contribution is 2.48. The normalized spacial score (nSPS) is 22.5. The van der Waals surface area contributed by atoms with Gasteiger partial charge in [-0.25, -0.2) is 9.37 Å². The SMILES string of the molecule is O=C(Nc1ccc(N2CCCCC2)cn1)C1CC1c1ccccc1F. The van der Waals surface area contributed by atoms with E-state index in [1.54, 1.807) is 12.1 Å². The third-order valence-corrected chi connectivity index (χ3v) is 5.15.